The number of hydrogen-bond donors (Lipinski definition) is 5. The molecule has 1 fully saturated rings. The van der Waals surface area contributed by atoms with Crippen molar-refractivity contribution >= 4 is 17.6 Å². The number of aliphatic hydroxyl groups excluding tert-OH is 1. The average Bonchev–Trinajstić information content (AvgIpc) is 3.21. The van der Waals surface area contributed by atoms with Crippen LogP contribution in [0.15, 0.2) is 0 Å². The second-order valence-corrected chi connectivity index (χ2v) is 9.50. The quantitative estimate of drug-likeness (QED) is 0.224. The van der Waals surface area contributed by atoms with Crippen molar-refractivity contribution in [3.05, 3.63) is 0 Å². The van der Waals surface area contributed by atoms with Gasteiger partial charge in [0.25, 0.3) is 0 Å². The lowest BCUT2D eigenvalue weighted by Gasteiger charge is -2.27. The zero-order valence-corrected chi connectivity index (χ0v) is 20.5. The molecule has 8 heteroatoms. The van der Waals surface area contributed by atoms with Crippen LogP contribution in [0.2, 0.25) is 0 Å². The molecule has 1 saturated heterocycles. The Morgan fingerprint density at radius 2 is 1.69 bits per heavy atom. The fraction of sp³-hybridized carbons (Fsp3) is 0.875. The van der Waals surface area contributed by atoms with E-state index in [4.69, 9.17) is 5.73 Å². The maximum absolute atomic E-state index is 13.0. The summed E-state index contributed by atoms with van der Waals surface area (Å²) in [6, 6.07) is -1.84. The van der Waals surface area contributed by atoms with Crippen molar-refractivity contribution in [3.8, 4) is 0 Å². The molecule has 8 nitrogen and oxygen atoms in total. The molecule has 0 aliphatic carbocycles. The van der Waals surface area contributed by atoms with Crippen molar-refractivity contribution < 1.29 is 19.5 Å². The van der Waals surface area contributed by atoms with Gasteiger partial charge in [-0.3, -0.25) is 14.4 Å². The third-order valence-corrected chi connectivity index (χ3v) is 6.35. The Hall–Kier alpha value is -1.51. The number of rotatable bonds is 16. The Bertz CT molecular complexity index is 582. The van der Waals surface area contributed by atoms with Crippen LogP contribution in [0.1, 0.15) is 79.1 Å². The highest BCUT2D eigenvalue weighted by Gasteiger charge is 2.36. The van der Waals surface area contributed by atoms with Crippen molar-refractivity contribution in [2.75, 3.05) is 19.6 Å². The highest BCUT2D eigenvalue weighted by atomic mass is 16.3. The fourth-order valence-corrected chi connectivity index (χ4v) is 4.31. The Labute approximate surface area is 193 Å². The number of nitrogens with two attached hydrogens (primary N) is 1. The van der Waals surface area contributed by atoms with Gasteiger partial charge in [-0.05, 0) is 38.8 Å². The zero-order valence-electron chi connectivity index (χ0n) is 20.5. The summed E-state index contributed by atoms with van der Waals surface area (Å²) in [5, 5.41) is 18.9. The fourth-order valence-electron chi connectivity index (χ4n) is 4.31. The predicted octanol–water partition coefficient (Wildman–Crippen LogP) is 1.50. The van der Waals surface area contributed by atoms with Crippen LogP contribution in [-0.4, -0.2) is 60.5 Å². The molecule has 6 N–H and O–H groups in total. The van der Waals surface area contributed by atoms with Gasteiger partial charge in [0.2, 0.25) is 11.8 Å². The second kappa shape index (κ2) is 15.3. The summed E-state index contributed by atoms with van der Waals surface area (Å²) in [5.74, 6) is -1.14. The molecule has 0 bridgehead atoms. The Morgan fingerprint density at radius 3 is 2.28 bits per heavy atom. The van der Waals surface area contributed by atoms with Crippen molar-refractivity contribution in [3.63, 3.8) is 0 Å². The number of amides is 2. The van der Waals surface area contributed by atoms with Crippen LogP contribution in [-0.2, 0) is 14.4 Å². The minimum absolute atomic E-state index is 0.113. The predicted molar refractivity (Wildman–Crippen MR) is 127 cm³/mol. The van der Waals surface area contributed by atoms with E-state index in [0.29, 0.717) is 13.0 Å². The van der Waals surface area contributed by atoms with Crippen LogP contribution in [0, 0.1) is 17.8 Å². The summed E-state index contributed by atoms with van der Waals surface area (Å²) in [5.41, 5.74) is 5.60. The molecule has 3 unspecified atom stereocenters. The lowest BCUT2D eigenvalue weighted by atomic mass is 9.89. The van der Waals surface area contributed by atoms with Gasteiger partial charge in [0.05, 0.1) is 18.1 Å². The molecule has 0 radical (unpaired) electrons. The topological polar surface area (TPSA) is 134 Å². The molecule has 0 spiro atoms. The van der Waals surface area contributed by atoms with Gasteiger partial charge >= 0.3 is 0 Å². The molecule has 1 aliphatic rings. The Balaban J connectivity index is 2.66. The molecular weight excluding hydrogens is 408 g/mol. The van der Waals surface area contributed by atoms with Crippen LogP contribution in [0.25, 0.3) is 0 Å². The average molecular weight is 455 g/mol. The molecule has 1 aliphatic heterocycles. The lowest BCUT2D eigenvalue weighted by molar-refractivity contribution is -0.136. The summed E-state index contributed by atoms with van der Waals surface area (Å²) in [6.45, 7) is 8.82. The third kappa shape index (κ3) is 9.55. The highest BCUT2D eigenvalue weighted by molar-refractivity contribution is 5.94. The number of Topliss-reactive ketones (excluding diaryl/α,β-unsaturated/α-hetero) is 1. The van der Waals surface area contributed by atoms with E-state index in [1.165, 1.54) is 39.0 Å². The maximum Gasteiger partial charge on any atom is 0.245 e. The number of aliphatic hydroxyl groups is 1. The monoisotopic (exact) mass is 454 g/mol. The van der Waals surface area contributed by atoms with E-state index in [0.717, 1.165) is 19.4 Å². The molecule has 0 aromatic carbocycles. The smallest absolute Gasteiger partial charge is 0.245 e. The van der Waals surface area contributed by atoms with Gasteiger partial charge in [-0.15, -0.1) is 0 Å². The van der Waals surface area contributed by atoms with E-state index in [1.807, 2.05) is 0 Å². The molecule has 186 valence electrons. The van der Waals surface area contributed by atoms with Gasteiger partial charge in [0, 0.05) is 12.5 Å². The molecular formula is C24H46N4O4. The van der Waals surface area contributed by atoms with Gasteiger partial charge in [-0.2, -0.15) is 0 Å². The SMILES string of the molecule is CCCCCCCCC1CNCC1C(=O)N[C@H](C(=O)N[C@@H](CCN)C(=O)C(C)C)C(C)O. The van der Waals surface area contributed by atoms with Gasteiger partial charge in [0.1, 0.15) is 6.04 Å². The van der Waals surface area contributed by atoms with Crippen LogP contribution in [0.3, 0.4) is 0 Å². The summed E-state index contributed by atoms with van der Waals surface area (Å²) < 4.78 is 0. The zero-order chi connectivity index (χ0) is 24.1. The molecule has 0 aromatic rings. The number of carbonyl (C=O) groups is 3. The van der Waals surface area contributed by atoms with Gasteiger partial charge in [-0.1, -0.05) is 59.3 Å². The molecule has 0 saturated carbocycles. The second-order valence-electron chi connectivity index (χ2n) is 9.50. The summed E-state index contributed by atoms with van der Waals surface area (Å²) >= 11 is 0. The normalized spacial score (nSPS) is 21.2. The van der Waals surface area contributed by atoms with Crippen LogP contribution in [0.4, 0.5) is 0 Å². The molecule has 1 heterocycles. The third-order valence-electron chi connectivity index (χ3n) is 6.35. The molecule has 1 rings (SSSR count). The highest BCUT2D eigenvalue weighted by Crippen LogP contribution is 2.24. The van der Waals surface area contributed by atoms with Crippen molar-refractivity contribution in [2.24, 2.45) is 23.5 Å². The molecule has 32 heavy (non-hydrogen) atoms. The Kier molecular flexibility index (Phi) is 13.7. The number of unbranched alkanes of at least 4 members (excludes halogenated alkanes) is 5. The summed E-state index contributed by atoms with van der Waals surface area (Å²) in [7, 11) is 0. The minimum Gasteiger partial charge on any atom is -0.391 e. The van der Waals surface area contributed by atoms with E-state index >= 15 is 0 Å². The first-order valence-corrected chi connectivity index (χ1v) is 12.5. The van der Waals surface area contributed by atoms with Crippen LogP contribution in [0.5, 0.6) is 0 Å². The standard InChI is InChI=1S/C24H46N4O4/c1-5-6-7-8-9-10-11-18-14-26-15-19(18)23(31)28-21(17(4)29)24(32)27-20(12-13-25)22(30)16(2)3/h16-21,26,29H,5-15,25H2,1-4H3,(H,27,32)(H,28,31)/t17?,18?,19?,20-,21-/m0/s1. The van der Waals surface area contributed by atoms with Gasteiger partial charge in [0.15, 0.2) is 5.78 Å². The molecule has 0 aromatic heterocycles. The first-order chi connectivity index (χ1) is 15.2. The number of ketones is 1. The van der Waals surface area contributed by atoms with Crippen molar-refractivity contribution in [2.45, 2.75) is 97.2 Å². The van der Waals surface area contributed by atoms with Gasteiger partial charge < -0.3 is 26.8 Å². The van der Waals surface area contributed by atoms with E-state index in [2.05, 4.69) is 22.9 Å². The van der Waals surface area contributed by atoms with E-state index < -0.39 is 24.1 Å². The van der Waals surface area contributed by atoms with Crippen molar-refractivity contribution in [1.29, 1.82) is 0 Å². The summed E-state index contributed by atoms with van der Waals surface area (Å²) in [4.78, 5) is 38.2. The van der Waals surface area contributed by atoms with Crippen molar-refractivity contribution in [1.82, 2.24) is 16.0 Å². The maximum atomic E-state index is 13.0. The van der Waals surface area contributed by atoms with E-state index in [9.17, 15) is 19.5 Å². The van der Waals surface area contributed by atoms with E-state index in [1.54, 1.807) is 13.8 Å². The first kappa shape index (κ1) is 28.5. The van der Waals surface area contributed by atoms with Crippen LogP contribution < -0.4 is 21.7 Å². The number of nitrogens with one attached hydrogen (secondary N) is 3. The minimum atomic E-state index is -1.11. The van der Waals surface area contributed by atoms with E-state index in [-0.39, 0.29) is 36.0 Å². The summed E-state index contributed by atoms with van der Waals surface area (Å²) in [6.07, 6.45) is 7.47. The number of carbonyl (C=O) groups excluding carboxylic acids is 3. The number of hydrogen-bond acceptors (Lipinski definition) is 6. The first-order valence-electron chi connectivity index (χ1n) is 12.5. The van der Waals surface area contributed by atoms with Crippen LogP contribution >= 0.6 is 0 Å². The van der Waals surface area contributed by atoms with Gasteiger partial charge in [-0.25, -0.2) is 0 Å². The molecule has 5 atom stereocenters. The largest absolute Gasteiger partial charge is 0.391 e. The molecule has 2 amide bonds. The Morgan fingerprint density at radius 1 is 1.03 bits per heavy atom. The lowest BCUT2D eigenvalue weighted by Crippen LogP contribution is -2.57.